The minimum Gasteiger partial charge on any atom is -0.496 e. The molecule has 3 rings (SSSR count). The van der Waals surface area contributed by atoms with Gasteiger partial charge in [-0.05, 0) is 30.7 Å². The number of rotatable bonds is 2. The third-order valence-electron chi connectivity index (χ3n) is 4.00. The summed E-state index contributed by atoms with van der Waals surface area (Å²) in [6.45, 7) is 1.90. The lowest BCUT2D eigenvalue weighted by Gasteiger charge is -2.13. The molecular weight excluding hydrogens is 294 g/mol. The normalized spacial score (nSPS) is 11.0. The number of aryl methyl sites for hydroxylation is 2. The van der Waals surface area contributed by atoms with Crippen LogP contribution in [0.3, 0.4) is 0 Å². The van der Waals surface area contributed by atoms with Crippen LogP contribution in [0.5, 0.6) is 5.75 Å². The Morgan fingerprint density at radius 1 is 1.09 bits per heavy atom. The third-order valence-corrected chi connectivity index (χ3v) is 4.00. The fourth-order valence-corrected chi connectivity index (χ4v) is 2.70. The van der Waals surface area contributed by atoms with Crippen LogP contribution in [0.4, 0.5) is 0 Å². The predicted octanol–water partition coefficient (Wildman–Crippen LogP) is 1.62. The molecule has 0 saturated heterocycles. The lowest BCUT2D eigenvalue weighted by Crippen LogP contribution is -2.37. The Kier molecular flexibility index (Phi) is 3.52. The molecule has 0 aliphatic carbocycles. The molecule has 1 aromatic carbocycles. The number of para-hydroxylation sites is 1. The SMILES string of the molecule is COc1ccccc1-c1nc2c(=O)n(C)c(=O)n(C)c2cc1C. The first kappa shape index (κ1) is 15.0. The van der Waals surface area contributed by atoms with Crippen molar-refractivity contribution in [2.24, 2.45) is 14.1 Å². The second-order valence-corrected chi connectivity index (χ2v) is 5.43. The van der Waals surface area contributed by atoms with Crippen LogP contribution in [0.15, 0.2) is 39.9 Å². The number of methoxy groups -OCH3 is 1. The molecule has 6 heteroatoms. The van der Waals surface area contributed by atoms with Gasteiger partial charge in [-0.3, -0.25) is 13.9 Å². The average molecular weight is 311 g/mol. The summed E-state index contributed by atoms with van der Waals surface area (Å²) in [6.07, 6.45) is 0. The first-order valence-corrected chi connectivity index (χ1v) is 7.16. The molecule has 0 aliphatic rings. The van der Waals surface area contributed by atoms with E-state index in [0.717, 1.165) is 15.7 Å². The number of hydrogen-bond donors (Lipinski definition) is 0. The van der Waals surface area contributed by atoms with Gasteiger partial charge in [-0.2, -0.15) is 0 Å². The molecule has 0 bridgehead atoms. The second kappa shape index (κ2) is 5.39. The van der Waals surface area contributed by atoms with E-state index in [9.17, 15) is 9.59 Å². The molecule has 0 atom stereocenters. The largest absolute Gasteiger partial charge is 0.496 e. The highest BCUT2D eigenvalue weighted by Crippen LogP contribution is 2.31. The molecule has 0 fully saturated rings. The summed E-state index contributed by atoms with van der Waals surface area (Å²) >= 11 is 0. The maximum atomic E-state index is 12.4. The van der Waals surface area contributed by atoms with E-state index in [0.29, 0.717) is 17.0 Å². The number of ether oxygens (including phenoxy) is 1. The maximum absolute atomic E-state index is 12.4. The van der Waals surface area contributed by atoms with Crippen molar-refractivity contribution in [3.05, 3.63) is 56.7 Å². The lowest BCUT2D eigenvalue weighted by atomic mass is 10.0. The summed E-state index contributed by atoms with van der Waals surface area (Å²) in [5.74, 6) is 0.684. The number of pyridine rings is 1. The molecule has 0 unspecified atom stereocenters. The van der Waals surface area contributed by atoms with Gasteiger partial charge in [0.15, 0.2) is 5.52 Å². The summed E-state index contributed by atoms with van der Waals surface area (Å²) in [6, 6.07) is 9.32. The van der Waals surface area contributed by atoms with Gasteiger partial charge in [-0.15, -0.1) is 0 Å². The molecule has 2 heterocycles. The van der Waals surface area contributed by atoms with Gasteiger partial charge in [0, 0.05) is 19.7 Å². The van der Waals surface area contributed by atoms with Gasteiger partial charge in [-0.25, -0.2) is 9.78 Å². The molecule has 3 aromatic rings. The fraction of sp³-hybridized carbons (Fsp3) is 0.235. The van der Waals surface area contributed by atoms with E-state index in [1.165, 1.54) is 11.6 Å². The van der Waals surface area contributed by atoms with Crippen LogP contribution in [-0.4, -0.2) is 21.2 Å². The zero-order valence-electron chi connectivity index (χ0n) is 13.5. The van der Waals surface area contributed by atoms with E-state index < -0.39 is 5.56 Å². The van der Waals surface area contributed by atoms with Crippen LogP contribution < -0.4 is 16.0 Å². The van der Waals surface area contributed by atoms with Gasteiger partial charge in [-0.1, -0.05) is 12.1 Å². The van der Waals surface area contributed by atoms with Crippen molar-refractivity contribution in [2.75, 3.05) is 7.11 Å². The second-order valence-electron chi connectivity index (χ2n) is 5.43. The quantitative estimate of drug-likeness (QED) is 0.721. The maximum Gasteiger partial charge on any atom is 0.331 e. The van der Waals surface area contributed by atoms with Gasteiger partial charge in [0.1, 0.15) is 5.75 Å². The van der Waals surface area contributed by atoms with E-state index >= 15 is 0 Å². The zero-order chi connectivity index (χ0) is 16.7. The monoisotopic (exact) mass is 311 g/mol. The van der Waals surface area contributed by atoms with Crippen molar-refractivity contribution in [1.82, 2.24) is 14.1 Å². The van der Waals surface area contributed by atoms with Crippen LogP contribution in [0.2, 0.25) is 0 Å². The Balaban J connectivity index is 2.44. The van der Waals surface area contributed by atoms with E-state index in [1.54, 1.807) is 14.2 Å². The third kappa shape index (κ3) is 2.23. The number of nitrogens with zero attached hydrogens (tertiary/aromatic N) is 3. The number of benzene rings is 1. The van der Waals surface area contributed by atoms with Gasteiger partial charge >= 0.3 is 5.69 Å². The van der Waals surface area contributed by atoms with Crippen LogP contribution in [0.25, 0.3) is 22.3 Å². The van der Waals surface area contributed by atoms with E-state index in [4.69, 9.17) is 4.74 Å². The van der Waals surface area contributed by atoms with Crippen molar-refractivity contribution in [1.29, 1.82) is 0 Å². The molecule has 0 spiro atoms. The Morgan fingerprint density at radius 2 is 1.78 bits per heavy atom. The zero-order valence-corrected chi connectivity index (χ0v) is 13.5. The standard InChI is InChI=1S/C17H17N3O3/c1-10-9-12-15(16(21)20(3)17(22)19(12)2)18-14(10)11-7-5-6-8-13(11)23-4/h5-9H,1-4H3. The predicted molar refractivity (Wildman–Crippen MR) is 89.0 cm³/mol. The Morgan fingerprint density at radius 3 is 2.48 bits per heavy atom. The molecule has 0 aliphatic heterocycles. The van der Waals surface area contributed by atoms with Crippen LogP contribution in [0.1, 0.15) is 5.56 Å². The van der Waals surface area contributed by atoms with Crippen molar-refractivity contribution < 1.29 is 4.74 Å². The molecule has 2 aromatic heterocycles. The Labute approximate surface area is 132 Å². The van der Waals surface area contributed by atoms with E-state index in [-0.39, 0.29) is 11.2 Å². The molecule has 118 valence electrons. The molecule has 0 amide bonds. The van der Waals surface area contributed by atoms with Crippen molar-refractivity contribution >= 4 is 11.0 Å². The summed E-state index contributed by atoms with van der Waals surface area (Å²) in [5.41, 5.74) is 2.37. The summed E-state index contributed by atoms with van der Waals surface area (Å²) in [4.78, 5) is 29.0. The number of hydrogen-bond acceptors (Lipinski definition) is 4. The Hall–Kier alpha value is -2.89. The van der Waals surface area contributed by atoms with Crippen LogP contribution in [-0.2, 0) is 14.1 Å². The van der Waals surface area contributed by atoms with Gasteiger partial charge in [0.2, 0.25) is 0 Å². The molecule has 23 heavy (non-hydrogen) atoms. The Bertz CT molecular complexity index is 1030. The highest BCUT2D eigenvalue weighted by Gasteiger charge is 2.15. The first-order valence-electron chi connectivity index (χ1n) is 7.16. The summed E-state index contributed by atoms with van der Waals surface area (Å²) in [7, 11) is 4.68. The summed E-state index contributed by atoms with van der Waals surface area (Å²) in [5, 5.41) is 0. The van der Waals surface area contributed by atoms with Crippen molar-refractivity contribution in [3.63, 3.8) is 0 Å². The number of aromatic nitrogens is 3. The van der Waals surface area contributed by atoms with E-state index in [1.807, 2.05) is 37.3 Å². The minimum atomic E-state index is -0.403. The smallest absolute Gasteiger partial charge is 0.331 e. The topological polar surface area (TPSA) is 66.1 Å². The molecule has 6 nitrogen and oxygen atoms in total. The highest BCUT2D eigenvalue weighted by atomic mass is 16.5. The molecule has 0 radical (unpaired) electrons. The minimum absolute atomic E-state index is 0.265. The number of fused-ring (bicyclic) bond motifs is 1. The van der Waals surface area contributed by atoms with Crippen LogP contribution in [0, 0.1) is 6.92 Å². The lowest BCUT2D eigenvalue weighted by molar-refractivity contribution is 0.416. The fourth-order valence-electron chi connectivity index (χ4n) is 2.70. The molecule has 0 saturated carbocycles. The average Bonchev–Trinajstić information content (AvgIpc) is 2.57. The van der Waals surface area contributed by atoms with Crippen molar-refractivity contribution in [2.45, 2.75) is 6.92 Å². The first-order chi connectivity index (χ1) is 11.0. The van der Waals surface area contributed by atoms with Crippen molar-refractivity contribution in [3.8, 4) is 17.0 Å². The molecular formula is C17H17N3O3. The summed E-state index contributed by atoms with van der Waals surface area (Å²) < 4.78 is 7.88. The highest BCUT2D eigenvalue weighted by molar-refractivity contribution is 5.81. The van der Waals surface area contributed by atoms with Gasteiger partial charge in [0.05, 0.1) is 18.3 Å². The van der Waals surface area contributed by atoms with Gasteiger partial charge in [0.25, 0.3) is 5.56 Å². The molecule has 0 N–H and O–H groups in total. The van der Waals surface area contributed by atoms with E-state index in [2.05, 4.69) is 4.98 Å². The van der Waals surface area contributed by atoms with Gasteiger partial charge < -0.3 is 4.74 Å². The van der Waals surface area contributed by atoms with Crippen LogP contribution >= 0.6 is 0 Å².